The van der Waals surface area contributed by atoms with Gasteiger partial charge in [0, 0.05) is 78.7 Å². The fourth-order valence-electron chi connectivity index (χ4n) is 7.46. The smallest absolute Gasteiger partial charge is 0.548 e. The molecule has 0 saturated carbocycles. The van der Waals surface area contributed by atoms with Crippen LogP contribution in [0.1, 0.15) is 62.5 Å². The summed E-state index contributed by atoms with van der Waals surface area (Å²) in [4.78, 5) is 57.8. The molecule has 0 fully saturated rings. The van der Waals surface area contributed by atoms with Crippen molar-refractivity contribution >= 4 is 51.9 Å². The number of unbranched alkanes of at least 4 members (excludes halogenated alkanes) is 3. The molecule has 15 heteroatoms. The molecule has 3 heterocycles. The van der Waals surface area contributed by atoms with Crippen molar-refractivity contribution in [3.05, 3.63) is 83.1 Å². The van der Waals surface area contributed by atoms with Gasteiger partial charge in [-0.1, -0.05) is 36.2 Å². The number of fused-ring (bicyclic) bond motifs is 2. The van der Waals surface area contributed by atoms with Crippen LogP contribution in [0.25, 0.3) is 22.2 Å². The quantitative estimate of drug-likeness (QED) is 0.0703. The normalized spacial score (nSPS) is 14.3. The maximum absolute atomic E-state index is 13.4. The second-order valence-corrected chi connectivity index (χ2v) is 14.3. The fourth-order valence-corrected chi connectivity index (χ4v) is 7.64. The van der Waals surface area contributed by atoms with E-state index in [1.807, 2.05) is 54.5 Å². The molecule has 1 aliphatic rings. The van der Waals surface area contributed by atoms with Crippen LogP contribution in [0, 0.1) is 0 Å². The number of likely N-dealkylation sites (N-methyl/N-ethyl adjacent to an activating group) is 1. The van der Waals surface area contributed by atoms with Gasteiger partial charge in [0.15, 0.2) is 0 Å². The molecule has 2 aromatic carbocycles. The third-order valence-corrected chi connectivity index (χ3v) is 10.4. The van der Waals surface area contributed by atoms with Crippen molar-refractivity contribution in [1.29, 1.82) is 0 Å². The molecule has 12 nitrogen and oxygen atoms in total. The monoisotopic (exact) mass is 802 g/mol. The van der Waals surface area contributed by atoms with E-state index in [0.29, 0.717) is 62.4 Å². The number of nitrogens with zero attached hydrogens (tertiary/aromatic N) is 4. The van der Waals surface area contributed by atoms with E-state index in [1.165, 1.54) is 5.56 Å². The minimum atomic E-state index is -1.41. The zero-order valence-corrected chi connectivity index (χ0v) is 37.8. The largest absolute Gasteiger partial charge is 1.00 e. The van der Waals surface area contributed by atoms with Crippen molar-refractivity contribution in [3.8, 4) is 11.3 Å². The van der Waals surface area contributed by atoms with Gasteiger partial charge >= 0.3 is 59.1 Å². The Bertz CT molecular complexity index is 1930. The Morgan fingerprint density at radius 1 is 1.00 bits per heavy atom. The van der Waals surface area contributed by atoms with Gasteiger partial charge in [-0.3, -0.25) is 19.9 Å². The second kappa shape index (κ2) is 23.6. The van der Waals surface area contributed by atoms with E-state index in [2.05, 4.69) is 33.3 Å². The molecule has 0 saturated heterocycles. The zero-order chi connectivity index (χ0) is 38.6. The standard InChI is InChI=1S/C41H51ClN6O6.2Na/c1-43-22-24-47(23-9-8-14-34(41(53)54)45-33-19-17-28-11-6-7-15-35(28)48(40(33)52)27-38(50)51)37(49)16-5-3-4-13-31-32-25-30(42)18-20-36(32)46(2)39(31)29-12-10-21-44-26-29;;/h6-7,10-12,15,18,20-21,25-26,33-34,43,45H,3-5,8-9,13-14,16-17,19,22-24,27H2,1-2H3,(H,50,51)(H,53,54);;/q;2*+1/p-2/t33-,34-;;/m0../s1. The third-order valence-electron chi connectivity index (χ3n) is 10.2. The summed E-state index contributed by atoms with van der Waals surface area (Å²) >= 11 is 6.41. The number of aryl methyl sites for hydroxylation is 3. The average Bonchev–Trinajstić information content (AvgIpc) is 3.36. The van der Waals surface area contributed by atoms with Crippen LogP contribution in [0.2, 0.25) is 5.02 Å². The third kappa shape index (κ3) is 12.6. The predicted molar refractivity (Wildman–Crippen MR) is 206 cm³/mol. The number of carboxylic acid groups (broad SMARTS) is 2. The minimum absolute atomic E-state index is 0. The summed E-state index contributed by atoms with van der Waals surface area (Å²) < 4.78 is 2.19. The van der Waals surface area contributed by atoms with E-state index < -0.39 is 36.5 Å². The number of halogens is 1. The van der Waals surface area contributed by atoms with Crippen LogP contribution in [0.3, 0.4) is 0 Å². The van der Waals surface area contributed by atoms with Gasteiger partial charge in [-0.05, 0) is 106 Å². The van der Waals surface area contributed by atoms with Gasteiger partial charge in [0.2, 0.25) is 11.8 Å². The number of para-hydroxylation sites is 1. The molecule has 5 rings (SSSR count). The Hall–Kier alpha value is -2.78. The van der Waals surface area contributed by atoms with E-state index in [9.17, 15) is 29.4 Å². The van der Waals surface area contributed by atoms with Gasteiger partial charge in [0.1, 0.15) is 0 Å². The average molecular weight is 803 g/mol. The first-order chi connectivity index (χ1) is 26.1. The van der Waals surface area contributed by atoms with Gasteiger partial charge in [-0.25, -0.2) is 0 Å². The maximum Gasteiger partial charge on any atom is 1.00 e. The van der Waals surface area contributed by atoms with E-state index >= 15 is 0 Å². The van der Waals surface area contributed by atoms with Crippen LogP contribution in [-0.2, 0) is 39.1 Å². The molecule has 4 aromatic rings. The number of nitrogens with one attached hydrogen (secondary N) is 2. The zero-order valence-electron chi connectivity index (χ0n) is 33.0. The number of aliphatic carboxylic acids is 2. The van der Waals surface area contributed by atoms with Crippen molar-refractivity contribution in [2.75, 3.05) is 38.1 Å². The number of amides is 2. The summed E-state index contributed by atoms with van der Waals surface area (Å²) in [5.74, 6) is -3.20. The molecule has 2 N–H and O–H groups in total. The summed E-state index contributed by atoms with van der Waals surface area (Å²) in [6, 6.07) is 15.0. The van der Waals surface area contributed by atoms with E-state index in [1.54, 1.807) is 18.3 Å². The summed E-state index contributed by atoms with van der Waals surface area (Å²) in [6.45, 7) is 1.01. The number of carbonyl (C=O) groups is 4. The van der Waals surface area contributed by atoms with E-state index in [-0.39, 0.29) is 71.4 Å². The molecule has 0 unspecified atom stereocenters. The van der Waals surface area contributed by atoms with Gasteiger partial charge in [-0.2, -0.15) is 0 Å². The molecule has 0 spiro atoms. The fraction of sp³-hybridized carbons (Fsp3) is 0.439. The SMILES string of the molecule is CNCCN(CCCC[C@H](N[C@H]1CCc2ccccc2N(CC(=O)[O-])C1=O)C(=O)[O-])C(=O)CCCCCc1c(-c2cccnc2)n(C)c2ccc(Cl)cc12.[Na+].[Na+]. The number of benzene rings is 2. The molecule has 1 aliphatic heterocycles. The van der Waals surface area contributed by atoms with Gasteiger partial charge in [0.05, 0.1) is 30.2 Å². The molecule has 2 aromatic heterocycles. The molecular formula is C41H49ClN6Na2O6. The van der Waals surface area contributed by atoms with Crippen LogP contribution >= 0.6 is 11.6 Å². The molecule has 56 heavy (non-hydrogen) atoms. The number of carbonyl (C=O) groups excluding carboxylic acids is 4. The van der Waals surface area contributed by atoms with Crippen LogP contribution in [0.5, 0.6) is 0 Å². The van der Waals surface area contributed by atoms with Crippen LogP contribution < -0.4 is 84.9 Å². The molecule has 0 radical (unpaired) electrons. The number of aromatic nitrogens is 2. The second-order valence-electron chi connectivity index (χ2n) is 13.9. The van der Waals surface area contributed by atoms with Crippen molar-refractivity contribution in [2.24, 2.45) is 7.05 Å². The predicted octanol–water partition coefficient (Wildman–Crippen LogP) is -2.97. The van der Waals surface area contributed by atoms with Crippen molar-refractivity contribution < 1.29 is 88.5 Å². The number of rotatable bonds is 20. The van der Waals surface area contributed by atoms with Crippen molar-refractivity contribution in [3.63, 3.8) is 0 Å². The summed E-state index contributed by atoms with van der Waals surface area (Å²) in [6.07, 6.45) is 9.42. The number of carboxylic acids is 2. The van der Waals surface area contributed by atoms with Crippen LogP contribution in [0.4, 0.5) is 5.69 Å². The van der Waals surface area contributed by atoms with Gasteiger partial charge in [0.25, 0.3) is 0 Å². The van der Waals surface area contributed by atoms with Crippen LogP contribution in [0.15, 0.2) is 67.0 Å². The Morgan fingerprint density at radius 2 is 1.79 bits per heavy atom. The summed E-state index contributed by atoms with van der Waals surface area (Å²) in [5.41, 5.74) is 5.78. The number of hydrogen-bond acceptors (Lipinski definition) is 9. The molecule has 2 atom stereocenters. The van der Waals surface area contributed by atoms with Gasteiger partial charge < -0.3 is 39.5 Å². The van der Waals surface area contributed by atoms with Gasteiger partial charge in [-0.15, -0.1) is 0 Å². The molecule has 2 amide bonds. The van der Waals surface area contributed by atoms with Crippen LogP contribution in [-0.4, -0.2) is 83.5 Å². The number of anilines is 1. The van der Waals surface area contributed by atoms with E-state index in [0.717, 1.165) is 58.3 Å². The summed E-state index contributed by atoms with van der Waals surface area (Å²) in [5, 5.41) is 31.5. The molecular weight excluding hydrogens is 754 g/mol. The Morgan fingerprint density at radius 3 is 2.50 bits per heavy atom. The number of hydrogen-bond donors (Lipinski definition) is 2. The molecule has 0 aliphatic carbocycles. The first kappa shape index (κ1) is 47.6. The molecule has 0 bridgehead atoms. The summed E-state index contributed by atoms with van der Waals surface area (Å²) in [7, 11) is 3.89. The minimum Gasteiger partial charge on any atom is -0.548 e. The first-order valence-electron chi connectivity index (χ1n) is 18.7. The maximum atomic E-state index is 13.4. The molecule has 288 valence electrons. The number of pyridine rings is 1. The van der Waals surface area contributed by atoms with Crippen molar-refractivity contribution in [1.82, 2.24) is 25.1 Å². The Labute approximate surface area is 378 Å². The van der Waals surface area contributed by atoms with E-state index in [4.69, 9.17) is 11.6 Å². The topological polar surface area (TPSA) is 163 Å². The van der Waals surface area contributed by atoms with Crippen molar-refractivity contribution in [2.45, 2.75) is 76.3 Å². The Balaban J connectivity index is 0.00000420. The first-order valence-corrected chi connectivity index (χ1v) is 19.1. The Kier molecular flexibility index (Phi) is 20.0.